The van der Waals surface area contributed by atoms with Gasteiger partial charge in [0.15, 0.2) is 35.7 Å². The number of hydrogen-bond donors (Lipinski definition) is 0. The van der Waals surface area contributed by atoms with E-state index in [1.165, 1.54) is 22.4 Å². The number of fused-ring (bicyclic) bond motifs is 5. The van der Waals surface area contributed by atoms with Gasteiger partial charge in [0.1, 0.15) is 0 Å². The molecule has 0 saturated heterocycles. The van der Waals surface area contributed by atoms with Crippen molar-refractivity contribution >= 4 is 22.4 Å². The number of nitrogens with zero attached hydrogens (tertiary/aromatic N) is 1. The summed E-state index contributed by atoms with van der Waals surface area (Å²) >= 11 is 6.02. The Balaban J connectivity index is 0.00000280. The highest BCUT2D eigenvalue weighted by molar-refractivity contribution is 6.30. The van der Waals surface area contributed by atoms with Crippen molar-refractivity contribution in [1.29, 1.82) is 0 Å². The lowest BCUT2D eigenvalue weighted by Crippen LogP contribution is -3.00. The fourth-order valence-corrected chi connectivity index (χ4v) is 5.33. The standard InChI is InChI=1S/C29H27ClNO5.HI/c1-32-25-8-7-21-22(10-12-34-16-18-3-5-20(30)6-4-18)28-23-14-27-26(35-17-36-27)13-19(23)9-11-31(28)15-24(21)29(25)33-2;/h3-8,13-15H,9-12,16-17H2,1-2H3;1H/q+1;/p-1. The molecule has 1 aromatic heterocycles. The molecule has 6 nitrogen and oxygen atoms in total. The number of aromatic nitrogens is 1. The summed E-state index contributed by atoms with van der Waals surface area (Å²) in [4.78, 5) is 0. The number of halogens is 2. The van der Waals surface area contributed by atoms with E-state index in [0.29, 0.717) is 13.2 Å². The molecule has 8 heteroatoms. The summed E-state index contributed by atoms with van der Waals surface area (Å²) in [6.45, 7) is 2.22. The minimum Gasteiger partial charge on any atom is -1.00 e. The summed E-state index contributed by atoms with van der Waals surface area (Å²) in [5, 5.41) is 2.87. The van der Waals surface area contributed by atoms with E-state index < -0.39 is 0 Å². The van der Waals surface area contributed by atoms with E-state index in [2.05, 4.69) is 29.0 Å². The van der Waals surface area contributed by atoms with Crippen LogP contribution in [0.2, 0.25) is 5.02 Å². The Morgan fingerprint density at radius 3 is 2.49 bits per heavy atom. The smallest absolute Gasteiger partial charge is 0.231 e. The normalized spacial score (nSPS) is 13.1. The van der Waals surface area contributed by atoms with Gasteiger partial charge >= 0.3 is 0 Å². The van der Waals surface area contributed by atoms with Crippen LogP contribution in [0, 0.1) is 0 Å². The third-order valence-corrected chi connectivity index (χ3v) is 7.17. The first-order valence-electron chi connectivity index (χ1n) is 12.0. The van der Waals surface area contributed by atoms with Crippen molar-refractivity contribution in [3.05, 3.63) is 76.4 Å². The van der Waals surface area contributed by atoms with Crippen LogP contribution in [0.15, 0.2) is 54.7 Å². The molecule has 0 atom stereocenters. The van der Waals surface area contributed by atoms with Gasteiger partial charge in [0.2, 0.25) is 12.5 Å². The van der Waals surface area contributed by atoms with E-state index in [9.17, 15) is 0 Å². The molecular weight excluding hydrogens is 605 g/mol. The van der Waals surface area contributed by atoms with Gasteiger partial charge < -0.3 is 47.7 Å². The van der Waals surface area contributed by atoms with E-state index in [4.69, 9.17) is 35.3 Å². The van der Waals surface area contributed by atoms with E-state index in [1.807, 2.05) is 30.3 Å². The summed E-state index contributed by atoms with van der Waals surface area (Å²) in [6, 6.07) is 16.1. The number of aryl methyl sites for hydroxylation is 2. The van der Waals surface area contributed by atoms with Crippen molar-refractivity contribution in [2.75, 3.05) is 27.6 Å². The lowest BCUT2D eigenvalue weighted by molar-refractivity contribution is -0.686. The average molecular weight is 632 g/mol. The second-order valence-corrected chi connectivity index (χ2v) is 9.39. The van der Waals surface area contributed by atoms with Crippen LogP contribution in [0.4, 0.5) is 0 Å². The van der Waals surface area contributed by atoms with Crippen molar-refractivity contribution in [1.82, 2.24) is 0 Å². The molecule has 3 heterocycles. The van der Waals surface area contributed by atoms with Gasteiger partial charge in [-0.25, -0.2) is 0 Å². The van der Waals surface area contributed by atoms with Crippen molar-refractivity contribution in [2.24, 2.45) is 0 Å². The molecule has 0 fully saturated rings. The molecule has 0 unspecified atom stereocenters. The average Bonchev–Trinajstić information content (AvgIpc) is 3.36. The minimum atomic E-state index is 0. The maximum Gasteiger partial charge on any atom is 0.231 e. The molecule has 6 rings (SSSR count). The molecule has 4 aromatic rings. The SMILES string of the molecule is COc1ccc2c(CCOCc3ccc(Cl)cc3)c3[n+](cc2c1OC)CCc1cc2c(cc1-3)OCO2.[I-]. The van der Waals surface area contributed by atoms with Gasteiger partial charge in [0.05, 0.1) is 38.4 Å². The Hall–Kier alpha value is -2.75. The third kappa shape index (κ3) is 4.80. The van der Waals surface area contributed by atoms with E-state index in [-0.39, 0.29) is 30.8 Å². The van der Waals surface area contributed by atoms with Gasteiger partial charge in [-0.15, -0.1) is 0 Å². The molecule has 2 aliphatic heterocycles. The van der Waals surface area contributed by atoms with Crippen LogP contribution in [-0.4, -0.2) is 27.6 Å². The van der Waals surface area contributed by atoms with E-state index in [1.54, 1.807) is 14.2 Å². The molecule has 0 aliphatic carbocycles. The first-order valence-corrected chi connectivity index (χ1v) is 12.4. The highest BCUT2D eigenvalue weighted by atomic mass is 127. The minimum absolute atomic E-state index is 0. The van der Waals surface area contributed by atoms with Crippen molar-refractivity contribution in [3.63, 3.8) is 0 Å². The topological polar surface area (TPSA) is 50.0 Å². The monoisotopic (exact) mass is 631 g/mol. The lowest BCUT2D eigenvalue weighted by Gasteiger charge is -2.21. The van der Waals surface area contributed by atoms with E-state index in [0.717, 1.165) is 63.7 Å². The first kappa shape index (κ1) is 25.9. The number of hydrogen-bond acceptors (Lipinski definition) is 5. The van der Waals surface area contributed by atoms with E-state index >= 15 is 0 Å². The second kappa shape index (κ2) is 10.9. The lowest BCUT2D eigenvalue weighted by atomic mass is 9.90. The Kier molecular flexibility index (Phi) is 7.65. The Labute approximate surface area is 238 Å². The van der Waals surface area contributed by atoms with Crippen LogP contribution in [0.5, 0.6) is 23.0 Å². The van der Waals surface area contributed by atoms with Gasteiger partial charge in [-0.1, -0.05) is 23.7 Å². The summed E-state index contributed by atoms with van der Waals surface area (Å²) in [5.74, 6) is 3.07. The highest BCUT2D eigenvalue weighted by Crippen LogP contribution is 2.43. The number of ether oxygens (including phenoxy) is 5. The fourth-order valence-electron chi connectivity index (χ4n) is 5.21. The van der Waals surface area contributed by atoms with Gasteiger partial charge in [-0.05, 0) is 47.5 Å². The Morgan fingerprint density at radius 2 is 1.73 bits per heavy atom. The van der Waals surface area contributed by atoms with Crippen LogP contribution >= 0.6 is 11.6 Å². The summed E-state index contributed by atoms with van der Waals surface area (Å²) in [7, 11) is 3.35. The van der Waals surface area contributed by atoms with Crippen LogP contribution in [0.25, 0.3) is 22.0 Å². The summed E-state index contributed by atoms with van der Waals surface area (Å²) in [5.41, 5.74) is 5.93. The maximum atomic E-state index is 6.11. The molecule has 0 amide bonds. The van der Waals surface area contributed by atoms with Crippen LogP contribution in [0.1, 0.15) is 16.7 Å². The molecule has 37 heavy (non-hydrogen) atoms. The van der Waals surface area contributed by atoms with Gasteiger partial charge in [0.25, 0.3) is 0 Å². The number of benzene rings is 3. The van der Waals surface area contributed by atoms with Crippen LogP contribution in [-0.2, 0) is 30.7 Å². The van der Waals surface area contributed by atoms with Crippen LogP contribution < -0.4 is 47.5 Å². The molecule has 0 spiro atoms. The zero-order valence-corrected chi connectivity index (χ0v) is 23.6. The molecular formula is C29H27ClINO5. The quantitative estimate of drug-likeness (QED) is 0.178. The van der Waals surface area contributed by atoms with Crippen molar-refractivity contribution in [3.8, 4) is 34.3 Å². The second-order valence-electron chi connectivity index (χ2n) is 8.95. The van der Waals surface area contributed by atoms with Gasteiger partial charge in [-0.2, -0.15) is 4.57 Å². The highest BCUT2D eigenvalue weighted by Gasteiger charge is 2.32. The number of methoxy groups -OCH3 is 2. The maximum absolute atomic E-state index is 6.11. The molecule has 0 radical (unpaired) electrons. The number of rotatable bonds is 7. The summed E-state index contributed by atoms with van der Waals surface area (Å²) < 4.78 is 31.2. The van der Waals surface area contributed by atoms with Crippen molar-refractivity contribution < 1.29 is 52.2 Å². The third-order valence-electron chi connectivity index (χ3n) is 6.92. The van der Waals surface area contributed by atoms with Crippen LogP contribution in [0.3, 0.4) is 0 Å². The number of pyridine rings is 1. The Morgan fingerprint density at radius 1 is 0.946 bits per heavy atom. The predicted molar refractivity (Wildman–Crippen MR) is 137 cm³/mol. The van der Waals surface area contributed by atoms with Crippen molar-refractivity contribution in [2.45, 2.75) is 26.0 Å². The molecule has 2 aliphatic rings. The Bertz CT molecular complexity index is 1460. The molecule has 0 bridgehead atoms. The zero-order valence-electron chi connectivity index (χ0n) is 20.7. The molecule has 0 N–H and O–H groups in total. The fraction of sp³-hybridized carbons (Fsp3) is 0.276. The molecule has 0 saturated carbocycles. The van der Waals surface area contributed by atoms with Gasteiger partial charge in [-0.3, -0.25) is 0 Å². The van der Waals surface area contributed by atoms with Gasteiger partial charge in [0, 0.05) is 28.8 Å². The molecule has 3 aromatic carbocycles. The first-order chi connectivity index (χ1) is 17.7. The zero-order chi connectivity index (χ0) is 24.6. The largest absolute Gasteiger partial charge is 1.00 e. The predicted octanol–water partition coefficient (Wildman–Crippen LogP) is 2.51. The summed E-state index contributed by atoms with van der Waals surface area (Å²) in [6.07, 6.45) is 3.83. The molecule has 192 valence electrons.